The van der Waals surface area contributed by atoms with Gasteiger partial charge in [-0.3, -0.25) is 14.4 Å². The van der Waals surface area contributed by atoms with Gasteiger partial charge in [-0.2, -0.15) is 0 Å². The number of anilines is 1. The van der Waals surface area contributed by atoms with E-state index in [9.17, 15) is 14.4 Å². The highest BCUT2D eigenvalue weighted by Gasteiger charge is 2.19. The lowest BCUT2D eigenvalue weighted by atomic mass is 10.1. The number of nitrogens with one attached hydrogen (secondary N) is 2. The summed E-state index contributed by atoms with van der Waals surface area (Å²) in [6, 6.07) is 19.8. The van der Waals surface area contributed by atoms with E-state index in [0.717, 1.165) is 10.8 Å². The summed E-state index contributed by atoms with van der Waals surface area (Å²) >= 11 is 0. The zero-order chi connectivity index (χ0) is 21.5. The first-order valence-corrected chi connectivity index (χ1v) is 9.37. The van der Waals surface area contributed by atoms with Crippen molar-refractivity contribution >= 4 is 34.2 Å². The molecule has 0 spiro atoms. The van der Waals surface area contributed by atoms with Crippen LogP contribution in [0.2, 0.25) is 0 Å². The minimum atomic E-state index is -1.03. The first-order valence-electron chi connectivity index (χ1n) is 9.37. The largest absolute Gasteiger partial charge is 0.497 e. The predicted molar refractivity (Wildman–Crippen MR) is 113 cm³/mol. The highest BCUT2D eigenvalue weighted by atomic mass is 16.5. The molecule has 0 aliphatic heterocycles. The summed E-state index contributed by atoms with van der Waals surface area (Å²) in [4.78, 5) is 36.5. The molecule has 0 bridgehead atoms. The summed E-state index contributed by atoms with van der Waals surface area (Å²) in [7, 11) is 1.53. The normalized spacial score (nSPS) is 11.4. The molecule has 2 N–H and O–H groups in total. The molecule has 7 heteroatoms. The van der Waals surface area contributed by atoms with Crippen molar-refractivity contribution in [2.45, 2.75) is 13.0 Å². The van der Waals surface area contributed by atoms with Gasteiger partial charge in [-0.25, -0.2) is 0 Å². The van der Waals surface area contributed by atoms with Crippen molar-refractivity contribution in [3.8, 4) is 5.75 Å². The summed E-state index contributed by atoms with van der Waals surface area (Å²) in [5.41, 5.74) is 0.956. The van der Waals surface area contributed by atoms with Crippen LogP contribution in [0.15, 0.2) is 66.7 Å². The molecule has 3 rings (SSSR count). The maximum atomic E-state index is 12.3. The minimum absolute atomic E-state index is 0.345. The molecule has 0 saturated carbocycles. The second-order valence-electron chi connectivity index (χ2n) is 6.60. The van der Waals surface area contributed by atoms with Crippen LogP contribution in [-0.2, 0) is 14.3 Å². The number of benzene rings is 3. The number of hydrogen-bond acceptors (Lipinski definition) is 5. The Morgan fingerprint density at radius 1 is 0.933 bits per heavy atom. The first kappa shape index (κ1) is 20.9. The van der Waals surface area contributed by atoms with Crippen LogP contribution in [0.1, 0.15) is 17.3 Å². The van der Waals surface area contributed by atoms with Gasteiger partial charge in [0.25, 0.3) is 11.8 Å². The fourth-order valence-electron chi connectivity index (χ4n) is 2.82. The number of carbonyl (C=O) groups is 3. The van der Waals surface area contributed by atoms with Gasteiger partial charge in [0.1, 0.15) is 12.3 Å². The number of esters is 1. The quantitative estimate of drug-likeness (QED) is 0.588. The van der Waals surface area contributed by atoms with Gasteiger partial charge in [0, 0.05) is 17.3 Å². The van der Waals surface area contributed by atoms with E-state index >= 15 is 0 Å². The van der Waals surface area contributed by atoms with E-state index in [4.69, 9.17) is 9.47 Å². The number of amides is 2. The van der Waals surface area contributed by atoms with E-state index in [0.29, 0.717) is 17.0 Å². The third-order valence-corrected chi connectivity index (χ3v) is 4.42. The summed E-state index contributed by atoms with van der Waals surface area (Å²) in [6.07, 6.45) is -1.03. The molecule has 30 heavy (non-hydrogen) atoms. The van der Waals surface area contributed by atoms with Crippen LogP contribution in [0.25, 0.3) is 10.8 Å². The van der Waals surface area contributed by atoms with E-state index in [-0.39, 0.29) is 6.54 Å². The molecule has 2 amide bonds. The van der Waals surface area contributed by atoms with Gasteiger partial charge in [-0.1, -0.05) is 36.4 Å². The second kappa shape index (κ2) is 9.56. The molecule has 0 heterocycles. The van der Waals surface area contributed by atoms with E-state index in [1.165, 1.54) is 14.0 Å². The van der Waals surface area contributed by atoms with E-state index in [2.05, 4.69) is 10.6 Å². The van der Waals surface area contributed by atoms with Crippen LogP contribution in [0.5, 0.6) is 5.75 Å². The van der Waals surface area contributed by atoms with E-state index in [1.54, 1.807) is 36.4 Å². The van der Waals surface area contributed by atoms with Crippen molar-refractivity contribution in [2.75, 3.05) is 19.0 Å². The summed E-state index contributed by atoms with van der Waals surface area (Å²) < 4.78 is 10.2. The molecule has 3 aromatic rings. The van der Waals surface area contributed by atoms with Crippen molar-refractivity contribution in [3.63, 3.8) is 0 Å². The van der Waals surface area contributed by atoms with Crippen molar-refractivity contribution in [2.24, 2.45) is 0 Å². The van der Waals surface area contributed by atoms with Gasteiger partial charge in [0.2, 0.25) is 0 Å². The number of carbonyl (C=O) groups excluding carboxylic acids is 3. The highest BCUT2D eigenvalue weighted by molar-refractivity contribution is 6.00. The maximum Gasteiger partial charge on any atom is 0.326 e. The van der Waals surface area contributed by atoms with Crippen LogP contribution >= 0.6 is 0 Å². The summed E-state index contributed by atoms with van der Waals surface area (Å²) in [6.45, 7) is 1.11. The van der Waals surface area contributed by atoms with Gasteiger partial charge in [0.15, 0.2) is 6.10 Å². The zero-order valence-corrected chi connectivity index (χ0v) is 16.7. The fourth-order valence-corrected chi connectivity index (χ4v) is 2.82. The molecule has 0 radical (unpaired) electrons. The standard InChI is InChI=1S/C23H22N2O5/c1-15(22(27)25-19-8-5-9-20(13-19)29-2)30-21(26)14-24-23(28)18-11-10-16-6-3-4-7-17(16)12-18/h3-13,15H,14H2,1-2H3,(H,24,28)(H,25,27)/t15-/m1/s1. The van der Waals surface area contributed by atoms with Crippen LogP contribution in [0.3, 0.4) is 0 Å². The smallest absolute Gasteiger partial charge is 0.326 e. The van der Waals surface area contributed by atoms with Gasteiger partial charge < -0.3 is 20.1 Å². The number of hydrogen-bond donors (Lipinski definition) is 2. The Kier molecular flexibility index (Phi) is 6.64. The van der Waals surface area contributed by atoms with Crippen LogP contribution in [-0.4, -0.2) is 37.5 Å². The average molecular weight is 406 g/mol. The second-order valence-corrected chi connectivity index (χ2v) is 6.60. The van der Waals surface area contributed by atoms with Crippen LogP contribution in [0, 0.1) is 0 Å². The third kappa shape index (κ3) is 5.35. The lowest BCUT2D eigenvalue weighted by Gasteiger charge is -2.14. The Hall–Kier alpha value is -3.87. The van der Waals surface area contributed by atoms with Crippen LogP contribution in [0.4, 0.5) is 5.69 Å². The first-order chi connectivity index (χ1) is 14.5. The van der Waals surface area contributed by atoms with Crippen molar-refractivity contribution in [1.82, 2.24) is 5.32 Å². The average Bonchev–Trinajstić information content (AvgIpc) is 2.77. The molecule has 3 aromatic carbocycles. The Morgan fingerprint density at radius 2 is 1.70 bits per heavy atom. The third-order valence-electron chi connectivity index (χ3n) is 4.42. The molecule has 0 aromatic heterocycles. The Morgan fingerprint density at radius 3 is 2.47 bits per heavy atom. The lowest BCUT2D eigenvalue weighted by Crippen LogP contribution is -2.35. The Bertz CT molecular complexity index is 1080. The van der Waals surface area contributed by atoms with Crippen molar-refractivity contribution in [3.05, 3.63) is 72.3 Å². The number of rotatable bonds is 7. The Labute approximate surface area is 174 Å². The van der Waals surface area contributed by atoms with Gasteiger partial charge in [-0.05, 0) is 42.0 Å². The van der Waals surface area contributed by atoms with Gasteiger partial charge in [-0.15, -0.1) is 0 Å². The van der Waals surface area contributed by atoms with Crippen molar-refractivity contribution < 1.29 is 23.9 Å². The molecule has 0 unspecified atom stereocenters. The molecule has 0 aliphatic rings. The van der Waals surface area contributed by atoms with Gasteiger partial charge >= 0.3 is 5.97 Å². The van der Waals surface area contributed by atoms with E-state index < -0.39 is 23.9 Å². The Balaban J connectivity index is 1.50. The molecule has 0 saturated heterocycles. The lowest BCUT2D eigenvalue weighted by molar-refractivity contribution is -0.152. The topological polar surface area (TPSA) is 93.7 Å². The minimum Gasteiger partial charge on any atom is -0.497 e. The molecular formula is C23H22N2O5. The molecule has 0 aliphatic carbocycles. The fraction of sp³-hybridized carbons (Fsp3) is 0.174. The zero-order valence-electron chi connectivity index (χ0n) is 16.7. The summed E-state index contributed by atoms with van der Waals surface area (Å²) in [5.74, 6) is -1.00. The monoisotopic (exact) mass is 406 g/mol. The SMILES string of the molecule is COc1cccc(NC(=O)[C@@H](C)OC(=O)CNC(=O)c2ccc3ccccc3c2)c1. The molecule has 7 nitrogen and oxygen atoms in total. The number of fused-ring (bicyclic) bond motifs is 1. The number of methoxy groups -OCH3 is 1. The van der Waals surface area contributed by atoms with Crippen molar-refractivity contribution in [1.29, 1.82) is 0 Å². The molecule has 1 atom stereocenters. The summed E-state index contributed by atoms with van der Waals surface area (Å²) in [5, 5.41) is 7.10. The predicted octanol–water partition coefficient (Wildman–Crippen LogP) is 3.15. The molecule has 154 valence electrons. The van der Waals surface area contributed by atoms with Gasteiger partial charge in [0.05, 0.1) is 7.11 Å². The molecule has 0 fully saturated rings. The van der Waals surface area contributed by atoms with E-state index in [1.807, 2.05) is 30.3 Å². The maximum absolute atomic E-state index is 12.3. The highest BCUT2D eigenvalue weighted by Crippen LogP contribution is 2.17. The van der Waals surface area contributed by atoms with Crippen LogP contribution < -0.4 is 15.4 Å². The molecular weight excluding hydrogens is 384 g/mol. The number of ether oxygens (including phenoxy) is 2.